The van der Waals surface area contributed by atoms with Crippen molar-refractivity contribution < 1.29 is 9.90 Å². The van der Waals surface area contributed by atoms with Crippen molar-refractivity contribution in [3.8, 4) is 0 Å². The molecule has 0 aliphatic carbocycles. The summed E-state index contributed by atoms with van der Waals surface area (Å²) in [6.07, 6.45) is 47.6. The van der Waals surface area contributed by atoms with Crippen LogP contribution in [0.4, 0.5) is 0 Å². The lowest BCUT2D eigenvalue weighted by Gasteiger charge is -2.03. The van der Waals surface area contributed by atoms with E-state index in [4.69, 9.17) is 5.11 Å². The summed E-state index contributed by atoms with van der Waals surface area (Å²) in [4.78, 5) is 10.3. The van der Waals surface area contributed by atoms with Gasteiger partial charge in [-0.1, -0.05) is 176 Å². The van der Waals surface area contributed by atoms with Crippen molar-refractivity contribution in [3.05, 3.63) is 72.9 Å². The van der Waals surface area contributed by atoms with E-state index in [-0.39, 0.29) is 0 Å². The van der Waals surface area contributed by atoms with Crippen LogP contribution in [0.2, 0.25) is 0 Å². The van der Waals surface area contributed by atoms with E-state index in [0.717, 1.165) is 6.08 Å². The monoisotopic (exact) mass is 468 g/mol. The van der Waals surface area contributed by atoms with Gasteiger partial charge in [-0.05, 0) is 12.8 Å². The molecule has 0 spiro atoms. The van der Waals surface area contributed by atoms with Crippen LogP contribution in [-0.4, -0.2) is 11.1 Å². The van der Waals surface area contributed by atoms with Crippen LogP contribution >= 0.6 is 0 Å². The summed E-state index contributed by atoms with van der Waals surface area (Å²) in [7, 11) is 0. The first-order valence-electron chi connectivity index (χ1n) is 14.0. The Hall–Kier alpha value is -2.09. The van der Waals surface area contributed by atoms with Crippen LogP contribution in [0.1, 0.15) is 122 Å². The highest BCUT2D eigenvalue weighted by Crippen LogP contribution is 2.14. The lowest BCUT2D eigenvalue weighted by molar-refractivity contribution is -0.131. The highest BCUT2D eigenvalue weighted by molar-refractivity contribution is 5.80. The molecule has 2 heteroatoms. The molecule has 0 aliphatic rings. The molecule has 0 heterocycles. The lowest BCUT2D eigenvalue weighted by atomic mass is 10.0. The summed E-state index contributed by atoms with van der Waals surface area (Å²) >= 11 is 0. The van der Waals surface area contributed by atoms with Gasteiger partial charge in [0.15, 0.2) is 0 Å². The van der Waals surface area contributed by atoms with Crippen molar-refractivity contribution in [2.75, 3.05) is 0 Å². The maximum absolute atomic E-state index is 10.3. The highest BCUT2D eigenvalue weighted by atomic mass is 16.4. The SMILES string of the molecule is CCCCCCCCCCCCCCCCCCCC=CC=CC=CC=CC=CC=CC(=O)O. The number of hydrogen-bond acceptors (Lipinski definition) is 1. The van der Waals surface area contributed by atoms with Gasteiger partial charge in [0.05, 0.1) is 0 Å². The molecule has 0 aromatic carbocycles. The first-order chi connectivity index (χ1) is 16.8. The summed E-state index contributed by atoms with van der Waals surface area (Å²) in [5, 5.41) is 8.45. The number of rotatable bonds is 24. The van der Waals surface area contributed by atoms with Gasteiger partial charge in [0, 0.05) is 6.08 Å². The van der Waals surface area contributed by atoms with Gasteiger partial charge in [0.2, 0.25) is 0 Å². The predicted octanol–water partition coefficient (Wildman–Crippen LogP) is 10.4. The Morgan fingerprint density at radius 1 is 0.471 bits per heavy atom. The number of carboxylic acid groups (broad SMARTS) is 1. The van der Waals surface area contributed by atoms with Gasteiger partial charge in [0.1, 0.15) is 0 Å². The minimum absolute atomic E-state index is 0.934. The van der Waals surface area contributed by atoms with Crippen LogP contribution in [0, 0.1) is 0 Å². The Balaban J connectivity index is 3.34. The molecule has 192 valence electrons. The minimum Gasteiger partial charge on any atom is -0.478 e. The zero-order valence-corrected chi connectivity index (χ0v) is 22.0. The third kappa shape index (κ3) is 29.9. The van der Waals surface area contributed by atoms with Gasteiger partial charge in [-0.2, -0.15) is 0 Å². The molecular formula is C32H52O2. The fraction of sp³-hybridized carbons (Fsp3) is 0.594. The van der Waals surface area contributed by atoms with Gasteiger partial charge >= 0.3 is 5.97 Å². The second-order valence-corrected chi connectivity index (χ2v) is 9.11. The van der Waals surface area contributed by atoms with Crippen LogP contribution in [0.15, 0.2) is 72.9 Å². The number of hydrogen-bond donors (Lipinski definition) is 1. The fourth-order valence-electron chi connectivity index (χ4n) is 3.81. The molecule has 0 bridgehead atoms. The smallest absolute Gasteiger partial charge is 0.328 e. The number of carboxylic acids is 1. The zero-order chi connectivity index (χ0) is 24.8. The summed E-state index contributed by atoms with van der Waals surface area (Å²) in [6.45, 7) is 2.29. The van der Waals surface area contributed by atoms with Gasteiger partial charge in [-0.15, -0.1) is 0 Å². The van der Waals surface area contributed by atoms with Crippen molar-refractivity contribution in [1.82, 2.24) is 0 Å². The van der Waals surface area contributed by atoms with Crippen molar-refractivity contribution in [3.63, 3.8) is 0 Å². The van der Waals surface area contributed by atoms with Crippen molar-refractivity contribution in [2.45, 2.75) is 122 Å². The molecule has 0 amide bonds. The van der Waals surface area contributed by atoms with E-state index in [2.05, 4.69) is 25.2 Å². The summed E-state index contributed by atoms with van der Waals surface area (Å²) < 4.78 is 0. The maximum atomic E-state index is 10.3. The molecule has 0 aromatic rings. The van der Waals surface area contributed by atoms with E-state index in [1.54, 1.807) is 12.2 Å². The zero-order valence-electron chi connectivity index (χ0n) is 22.0. The molecule has 0 saturated carbocycles. The molecule has 0 fully saturated rings. The molecule has 34 heavy (non-hydrogen) atoms. The summed E-state index contributed by atoms with van der Waals surface area (Å²) in [6, 6.07) is 0. The molecule has 2 nitrogen and oxygen atoms in total. The normalized spacial score (nSPS) is 12.7. The fourth-order valence-corrected chi connectivity index (χ4v) is 3.81. The molecule has 0 unspecified atom stereocenters. The molecule has 0 aromatic heterocycles. The van der Waals surface area contributed by atoms with E-state index in [1.165, 1.54) is 122 Å². The Morgan fingerprint density at radius 2 is 0.794 bits per heavy atom. The van der Waals surface area contributed by atoms with E-state index < -0.39 is 5.97 Å². The minimum atomic E-state index is -0.934. The molecule has 1 N–H and O–H groups in total. The maximum Gasteiger partial charge on any atom is 0.328 e. The average Bonchev–Trinajstić information content (AvgIpc) is 2.83. The van der Waals surface area contributed by atoms with Crippen LogP contribution in [0.3, 0.4) is 0 Å². The Bertz CT molecular complexity index is 605. The number of carbonyl (C=O) groups is 1. The van der Waals surface area contributed by atoms with Crippen LogP contribution in [0.5, 0.6) is 0 Å². The third-order valence-corrected chi connectivity index (χ3v) is 5.85. The average molecular weight is 469 g/mol. The Kier molecular flexibility index (Phi) is 27.2. The Labute approximate surface area is 211 Å². The molecule has 0 rings (SSSR count). The standard InChI is InChI=1S/C32H52O2/c1-2-3-4-5-6-7-8-9-10-11-12-13-14-15-16-17-18-19-20-21-22-23-24-25-26-27-28-29-30-31-32(33)34/h20-31H,2-19H2,1H3,(H,33,34). The van der Waals surface area contributed by atoms with E-state index in [0.29, 0.717) is 0 Å². The third-order valence-electron chi connectivity index (χ3n) is 5.85. The number of aliphatic carboxylic acids is 1. The van der Waals surface area contributed by atoms with E-state index in [1.807, 2.05) is 30.4 Å². The van der Waals surface area contributed by atoms with Crippen molar-refractivity contribution >= 4 is 5.97 Å². The van der Waals surface area contributed by atoms with Gasteiger partial charge in [-0.25, -0.2) is 4.79 Å². The second-order valence-electron chi connectivity index (χ2n) is 9.11. The van der Waals surface area contributed by atoms with Gasteiger partial charge < -0.3 is 5.11 Å². The number of unbranched alkanes of at least 4 members (excludes halogenated alkanes) is 17. The van der Waals surface area contributed by atoms with Crippen LogP contribution < -0.4 is 0 Å². The van der Waals surface area contributed by atoms with E-state index in [9.17, 15) is 4.79 Å². The molecular weight excluding hydrogens is 416 g/mol. The largest absolute Gasteiger partial charge is 0.478 e. The van der Waals surface area contributed by atoms with Gasteiger partial charge in [-0.3, -0.25) is 0 Å². The molecule has 0 atom stereocenters. The van der Waals surface area contributed by atoms with Gasteiger partial charge in [0.25, 0.3) is 0 Å². The summed E-state index contributed by atoms with van der Waals surface area (Å²) in [5.41, 5.74) is 0. The van der Waals surface area contributed by atoms with Crippen molar-refractivity contribution in [1.29, 1.82) is 0 Å². The predicted molar refractivity (Wildman–Crippen MR) is 151 cm³/mol. The number of allylic oxidation sites excluding steroid dienone is 11. The summed E-state index contributed by atoms with van der Waals surface area (Å²) in [5.74, 6) is -0.934. The lowest BCUT2D eigenvalue weighted by Crippen LogP contribution is -1.84. The molecule has 0 aliphatic heterocycles. The van der Waals surface area contributed by atoms with E-state index >= 15 is 0 Å². The Morgan fingerprint density at radius 3 is 1.18 bits per heavy atom. The first kappa shape index (κ1) is 31.9. The molecule has 0 radical (unpaired) electrons. The second kappa shape index (κ2) is 28.9. The van der Waals surface area contributed by atoms with Crippen molar-refractivity contribution in [2.24, 2.45) is 0 Å². The topological polar surface area (TPSA) is 37.3 Å². The molecule has 0 saturated heterocycles. The quantitative estimate of drug-likeness (QED) is 0.0868. The first-order valence-corrected chi connectivity index (χ1v) is 14.0. The van der Waals surface area contributed by atoms with Crippen LogP contribution in [0.25, 0.3) is 0 Å². The highest BCUT2D eigenvalue weighted by Gasteiger charge is 1.94. The van der Waals surface area contributed by atoms with Crippen LogP contribution in [-0.2, 0) is 4.79 Å².